The summed E-state index contributed by atoms with van der Waals surface area (Å²) in [5, 5.41) is 0. The van der Waals surface area contributed by atoms with Gasteiger partial charge in [0.05, 0.1) is 64.0 Å². The molecule has 0 saturated carbocycles. The van der Waals surface area contributed by atoms with E-state index >= 15 is 0 Å². The van der Waals surface area contributed by atoms with E-state index in [-0.39, 0.29) is 24.2 Å². The van der Waals surface area contributed by atoms with Crippen molar-refractivity contribution in [3.8, 4) is 23.0 Å². The lowest BCUT2D eigenvalue weighted by atomic mass is 9.76. The minimum absolute atomic E-state index is 0.226. The molecule has 6 aromatic rings. The number of nitrogens with two attached hydrogens (primary N) is 12. The minimum Gasteiger partial charge on any atom is -0.487 e. The maximum absolute atomic E-state index is 6.06. The zero-order valence-corrected chi connectivity index (χ0v) is 63.0. The third-order valence-corrected chi connectivity index (χ3v) is 22.2. The van der Waals surface area contributed by atoms with E-state index in [1.807, 2.05) is 52.0 Å². The molecule has 0 spiro atoms. The van der Waals surface area contributed by atoms with Gasteiger partial charge in [0, 0.05) is 76.5 Å². The van der Waals surface area contributed by atoms with Gasteiger partial charge in [-0.1, -0.05) is 24.3 Å². The molecule has 20 nitrogen and oxygen atoms in total. The van der Waals surface area contributed by atoms with Crippen LogP contribution in [0.5, 0.6) is 23.0 Å². The summed E-state index contributed by atoms with van der Waals surface area (Å²) >= 11 is 0. The van der Waals surface area contributed by atoms with Gasteiger partial charge in [-0.05, 0) is 290 Å². The highest BCUT2D eigenvalue weighted by Crippen LogP contribution is 2.50. The molecule has 560 valence electrons. The Balaban J connectivity index is 0.000000144. The maximum Gasteiger partial charge on any atom is 0.170 e. The van der Waals surface area contributed by atoms with Crippen LogP contribution in [0.1, 0.15) is 222 Å². The lowest BCUT2D eigenvalue weighted by Crippen LogP contribution is -2.30. The topological polar surface area (TPSA) is 386 Å². The molecule has 24 N–H and O–H groups in total. The van der Waals surface area contributed by atoms with E-state index in [0.717, 1.165) is 37.3 Å². The second-order valence-corrected chi connectivity index (χ2v) is 29.1. The van der Waals surface area contributed by atoms with E-state index in [1.165, 1.54) is 179 Å². The lowest BCUT2D eigenvalue weighted by Gasteiger charge is -2.30. The SMILES string of the molecule is CC(C)(N)c1ccc(C(C)(C)N)cc1.Cc1c(C)c(CN)c(C)c(C)c1CN.NCc1c2c(c(CN)c3c1CCC3)CCC2.NCc1c2c(c(CN)c3c1CCCC3)CCCC2.NCc1c2c(c(CN)c3c1COC3)COC2.NCc1c2c(c(CN)c3c1OCCOCCO3)OCCOCCO2. The van der Waals surface area contributed by atoms with Crippen molar-refractivity contribution in [3.05, 3.63) is 180 Å². The normalized spacial score (nSPS) is 16.4. The van der Waals surface area contributed by atoms with E-state index in [9.17, 15) is 0 Å². The summed E-state index contributed by atoms with van der Waals surface area (Å²) in [7, 11) is 0. The van der Waals surface area contributed by atoms with Crippen LogP contribution in [0.3, 0.4) is 0 Å². The summed E-state index contributed by atoms with van der Waals surface area (Å²) in [4.78, 5) is 0. The van der Waals surface area contributed by atoms with Crippen molar-refractivity contribution in [1.29, 1.82) is 0 Å². The quantitative estimate of drug-likeness (QED) is 0.0545. The molecule has 0 amide bonds. The first-order chi connectivity index (χ1) is 49.2. The number of hydrogen-bond acceptors (Lipinski definition) is 20. The van der Waals surface area contributed by atoms with E-state index in [4.69, 9.17) is 107 Å². The molecule has 4 heterocycles. The summed E-state index contributed by atoms with van der Waals surface area (Å²) in [6.45, 7) is 28.4. The molecule has 14 rings (SSSR count). The number of benzene rings is 6. The smallest absolute Gasteiger partial charge is 0.170 e. The Kier molecular flexibility index (Phi) is 29.2. The molecule has 20 heteroatoms. The summed E-state index contributed by atoms with van der Waals surface area (Å²) in [5.74, 6) is 2.24. The standard InChI is InChI=1S/C16H24N2O6.C16H24N2.C14H20N2.C12H16N2O2.2C12H20N2/c17-9-11-13-14(22-6-2-19-1-5-21-13)12(10-18)16-15(11)23-7-3-20-4-8-24-16;17-9-15-11-5-1-2-6-12(11)16(10-18)14-8-4-3-7-13(14)15;15-7-13-9-3-1-4-10(9)14(8-16)12-6-2-5-11(12)13;13-1-7-9-3-15-5-11(9)8(2-14)12-6-16-4-10(7)12;1-11(2,13)9-5-7-10(8-6-9)12(3,4)14;1-7-8(2)12(6-14)10(4)9(3)11(7)5-13/h1-10,17-18H2;1-10,17-18H2;1-8,15-16H2;1-6,13-14H2;5-8H,13-14H2,1-4H3;5-6,13-14H2,1-4H3. The average Bonchev–Trinajstić information content (AvgIpc) is 0.849. The molecule has 8 aliphatic rings. The van der Waals surface area contributed by atoms with Gasteiger partial charge in [0.2, 0.25) is 0 Å². The van der Waals surface area contributed by atoms with Crippen LogP contribution in [-0.4, -0.2) is 52.9 Å². The van der Waals surface area contributed by atoms with Crippen molar-refractivity contribution >= 4 is 0 Å². The number of ether oxygens (including phenoxy) is 8. The van der Waals surface area contributed by atoms with Crippen LogP contribution in [0.25, 0.3) is 0 Å². The molecule has 0 atom stereocenters. The van der Waals surface area contributed by atoms with Gasteiger partial charge in [0.1, 0.15) is 26.4 Å². The predicted molar refractivity (Wildman–Crippen MR) is 409 cm³/mol. The molecule has 0 radical (unpaired) electrons. The summed E-state index contributed by atoms with van der Waals surface area (Å²) in [6, 6.07) is 8.18. The first-order valence-corrected chi connectivity index (χ1v) is 37.5. The second-order valence-electron chi connectivity index (χ2n) is 29.1. The van der Waals surface area contributed by atoms with Gasteiger partial charge in [-0.15, -0.1) is 0 Å². The van der Waals surface area contributed by atoms with E-state index in [0.29, 0.717) is 140 Å². The Bertz CT molecular complexity index is 3320. The highest BCUT2D eigenvalue weighted by atomic mass is 16.6. The predicted octanol–water partition coefficient (Wildman–Crippen LogP) is 8.70. The summed E-state index contributed by atoms with van der Waals surface area (Å²) in [5.41, 5.74) is 108. The molecule has 0 aromatic heterocycles. The summed E-state index contributed by atoms with van der Waals surface area (Å²) < 4.78 is 45.5. The van der Waals surface area contributed by atoms with Crippen LogP contribution in [0.4, 0.5) is 0 Å². The molecule has 0 bridgehead atoms. The minimum atomic E-state index is -0.280. The molecule has 4 aliphatic heterocycles. The molecule has 6 aromatic carbocycles. The molecule has 0 fully saturated rings. The zero-order chi connectivity index (χ0) is 73.4. The van der Waals surface area contributed by atoms with E-state index in [1.54, 1.807) is 44.5 Å². The van der Waals surface area contributed by atoms with Gasteiger partial charge in [-0.25, -0.2) is 0 Å². The van der Waals surface area contributed by atoms with E-state index in [2.05, 4.69) is 27.7 Å². The largest absolute Gasteiger partial charge is 0.487 e. The van der Waals surface area contributed by atoms with Crippen LogP contribution in [-0.2, 0) is 173 Å². The monoisotopic (exact) mass is 1400 g/mol. The second kappa shape index (κ2) is 37.2. The van der Waals surface area contributed by atoms with Gasteiger partial charge in [-0.3, -0.25) is 0 Å². The molecule has 0 unspecified atom stereocenters. The van der Waals surface area contributed by atoms with Crippen molar-refractivity contribution < 1.29 is 37.9 Å². The fourth-order valence-electron chi connectivity index (χ4n) is 16.6. The van der Waals surface area contributed by atoms with Crippen molar-refractivity contribution in [2.45, 2.75) is 248 Å². The van der Waals surface area contributed by atoms with Crippen molar-refractivity contribution in [2.24, 2.45) is 68.8 Å². The molecular formula is C82H124N12O8. The third-order valence-electron chi connectivity index (χ3n) is 22.2. The van der Waals surface area contributed by atoms with Crippen LogP contribution in [0.15, 0.2) is 24.3 Å². The van der Waals surface area contributed by atoms with Crippen LogP contribution in [0.2, 0.25) is 0 Å². The molecule has 102 heavy (non-hydrogen) atoms. The average molecular weight is 1410 g/mol. The van der Waals surface area contributed by atoms with Crippen molar-refractivity contribution in [2.75, 3.05) is 52.9 Å². The number of rotatable bonds is 12. The fraction of sp³-hybridized carbons (Fsp3) is 0.561. The van der Waals surface area contributed by atoms with Gasteiger partial charge in [0.15, 0.2) is 23.0 Å². The van der Waals surface area contributed by atoms with Gasteiger partial charge < -0.3 is 107 Å². The van der Waals surface area contributed by atoms with Crippen LogP contribution >= 0.6 is 0 Å². The Labute approximate surface area is 607 Å². The van der Waals surface area contributed by atoms with Gasteiger partial charge in [0.25, 0.3) is 0 Å². The number of hydrogen-bond donors (Lipinski definition) is 12. The van der Waals surface area contributed by atoms with Crippen molar-refractivity contribution in [3.63, 3.8) is 0 Å². The van der Waals surface area contributed by atoms with Crippen LogP contribution < -0.4 is 87.8 Å². The molecular weight excluding hydrogens is 1280 g/mol. The summed E-state index contributed by atoms with van der Waals surface area (Å²) in [6.07, 6.45) is 17.7. The fourth-order valence-corrected chi connectivity index (χ4v) is 16.6. The first-order valence-electron chi connectivity index (χ1n) is 37.5. The Morgan fingerprint density at radius 3 is 0.647 bits per heavy atom. The highest BCUT2D eigenvalue weighted by Gasteiger charge is 2.32. The van der Waals surface area contributed by atoms with E-state index < -0.39 is 0 Å². The Morgan fingerprint density at radius 2 is 0.451 bits per heavy atom. The Hall–Kier alpha value is -6.12. The highest BCUT2D eigenvalue weighted by molar-refractivity contribution is 5.67. The Morgan fingerprint density at radius 1 is 0.255 bits per heavy atom. The zero-order valence-electron chi connectivity index (χ0n) is 63.0. The third kappa shape index (κ3) is 17.7. The van der Waals surface area contributed by atoms with Gasteiger partial charge >= 0.3 is 0 Å². The van der Waals surface area contributed by atoms with Crippen molar-refractivity contribution in [1.82, 2.24) is 0 Å². The molecule has 4 aliphatic carbocycles. The molecule has 0 saturated heterocycles. The maximum atomic E-state index is 6.06. The lowest BCUT2D eigenvalue weighted by molar-refractivity contribution is 0.0857. The first kappa shape index (κ1) is 80.0. The van der Waals surface area contributed by atoms with Crippen LogP contribution in [0, 0.1) is 27.7 Å². The van der Waals surface area contributed by atoms with Gasteiger partial charge in [-0.2, -0.15) is 0 Å². The number of fused-ring (bicyclic) bond motifs is 8.